The quantitative estimate of drug-likeness (QED) is 0.906. The lowest BCUT2D eigenvalue weighted by Gasteiger charge is -2.12. The summed E-state index contributed by atoms with van der Waals surface area (Å²) in [6.45, 7) is 6.14. The minimum absolute atomic E-state index is 0.177. The van der Waals surface area contributed by atoms with Gasteiger partial charge in [0.1, 0.15) is 5.76 Å². The second kappa shape index (κ2) is 5.63. The average molecular weight is 261 g/mol. The number of aryl methyl sites for hydroxylation is 2. The SMILES string of the molecule is Cc1ccc(Sc2ccoc2C)c(CC(C)N)c1. The Hall–Kier alpha value is -1.19. The Morgan fingerprint density at radius 2 is 2.00 bits per heavy atom. The molecule has 1 atom stereocenters. The molecule has 0 spiro atoms. The van der Waals surface area contributed by atoms with Gasteiger partial charge in [0.15, 0.2) is 0 Å². The zero-order valence-electron chi connectivity index (χ0n) is 11.1. The first kappa shape index (κ1) is 13.2. The van der Waals surface area contributed by atoms with Crippen LogP contribution >= 0.6 is 11.8 Å². The summed E-state index contributed by atoms with van der Waals surface area (Å²) >= 11 is 1.75. The van der Waals surface area contributed by atoms with Gasteiger partial charge >= 0.3 is 0 Å². The molecule has 2 N–H and O–H groups in total. The van der Waals surface area contributed by atoms with Gasteiger partial charge in [-0.1, -0.05) is 29.5 Å². The molecular formula is C15H19NOS. The highest BCUT2D eigenvalue weighted by molar-refractivity contribution is 7.99. The first-order valence-corrected chi connectivity index (χ1v) is 6.95. The van der Waals surface area contributed by atoms with E-state index < -0.39 is 0 Å². The molecule has 2 nitrogen and oxygen atoms in total. The van der Waals surface area contributed by atoms with E-state index in [4.69, 9.17) is 10.2 Å². The van der Waals surface area contributed by atoms with Crippen LogP contribution in [0.15, 0.2) is 44.7 Å². The Balaban J connectivity index is 2.29. The molecule has 2 aromatic rings. The number of benzene rings is 1. The maximum absolute atomic E-state index is 5.92. The van der Waals surface area contributed by atoms with E-state index >= 15 is 0 Å². The molecule has 0 saturated carbocycles. The highest BCUT2D eigenvalue weighted by Crippen LogP contribution is 2.34. The maximum atomic E-state index is 5.92. The zero-order chi connectivity index (χ0) is 13.1. The minimum Gasteiger partial charge on any atom is -0.468 e. The van der Waals surface area contributed by atoms with E-state index in [1.165, 1.54) is 20.9 Å². The summed E-state index contributed by atoms with van der Waals surface area (Å²) in [5.74, 6) is 0.965. The van der Waals surface area contributed by atoms with Crippen LogP contribution in [0.2, 0.25) is 0 Å². The van der Waals surface area contributed by atoms with Crippen molar-refractivity contribution in [2.24, 2.45) is 5.73 Å². The third-order valence-electron chi connectivity index (χ3n) is 2.79. The van der Waals surface area contributed by atoms with Crippen LogP contribution in [-0.4, -0.2) is 6.04 Å². The van der Waals surface area contributed by atoms with Crippen molar-refractivity contribution in [3.8, 4) is 0 Å². The van der Waals surface area contributed by atoms with Gasteiger partial charge in [-0.3, -0.25) is 0 Å². The lowest BCUT2D eigenvalue weighted by Crippen LogP contribution is -2.18. The van der Waals surface area contributed by atoms with Crippen molar-refractivity contribution < 1.29 is 4.42 Å². The fourth-order valence-corrected chi connectivity index (χ4v) is 2.87. The van der Waals surface area contributed by atoms with Crippen LogP contribution in [0.4, 0.5) is 0 Å². The third-order valence-corrected chi connectivity index (χ3v) is 4.05. The molecule has 0 amide bonds. The Morgan fingerprint density at radius 3 is 2.61 bits per heavy atom. The van der Waals surface area contributed by atoms with Crippen LogP contribution in [0.5, 0.6) is 0 Å². The lowest BCUT2D eigenvalue weighted by molar-refractivity contribution is 0.527. The largest absolute Gasteiger partial charge is 0.468 e. The van der Waals surface area contributed by atoms with Gasteiger partial charge in [-0.25, -0.2) is 0 Å². The molecule has 2 rings (SSSR count). The van der Waals surface area contributed by atoms with Crippen molar-refractivity contribution in [2.45, 2.75) is 43.0 Å². The van der Waals surface area contributed by atoms with Gasteiger partial charge in [-0.05, 0) is 44.9 Å². The summed E-state index contributed by atoms with van der Waals surface area (Å²) in [6, 6.07) is 8.72. The van der Waals surface area contributed by atoms with Crippen molar-refractivity contribution in [3.63, 3.8) is 0 Å². The van der Waals surface area contributed by atoms with E-state index in [0.29, 0.717) is 0 Å². The van der Waals surface area contributed by atoms with Crippen molar-refractivity contribution in [1.82, 2.24) is 0 Å². The fourth-order valence-electron chi connectivity index (χ4n) is 1.91. The highest BCUT2D eigenvalue weighted by atomic mass is 32.2. The molecule has 0 aliphatic heterocycles. The van der Waals surface area contributed by atoms with Crippen molar-refractivity contribution in [3.05, 3.63) is 47.4 Å². The fraction of sp³-hybridized carbons (Fsp3) is 0.333. The smallest absolute Gasteiger partial charge is 0.114 e. The summed E-state index contributed by atoms with van der Waals surface area (Å²) in [7, 11) is 0. The first-order valence-electron chi connectivity index (χ1n) is 6.13. The molecule has 0 fully saturated rings. The minimum atomic E-state index is 0.177. The van der Waals surface area contributed by atoms with Gasteiger partial charge in [-0.2, -0.15) is 0 Å². The third kappa shape index (κ3) is 3.18. The van der Waals surface area contributed by atoms with Crippen molar-refractivity contribution in [2.75, 3.05) is 0 Å². The van der Waals surface area contributed by atoms with Gasteiger partial charge < -0.3 is 10.2 Å². The van der Waals surface area contributed by atoms with Gasteiger partial charge in [0.2, 0.25) is 0 Å². The second-order valence-electron chi connectivity index (χ2n) is 4.74. The van der Waals surface area contributed by atoms with E-state index in [2.05, 4.69) is 25.1 Å². The molecule has 18 heavy (non-hydrogen) atoms. The molecule has 1 aromatic heterocycles. The van der Waals surface area contributed by atoms with E-state index in [1.807, 2.05) is 19.9 Å². The number of nitrogens with two attached hydrogens (primary N) is 1. The summed E-state index contributed by atoms with van der Waals surface area (Å²) < 4.78 is 5.34. The molecule has 0 aliphatic carbocycles. The Morgan fingerprint density at radius 1 is 1.22 bits per heavy atom. The van der Waals surface area contributed by atoms with Gasteiger partial charge in [0.25, 0.3) is 0 Å². The number of hydrogen-bond acceptors (Lipinski definition) is 3. The normalized spacial score (nSPS) is 12.7. The molecule has 1 aromatic carbocycles. The monoisotopic (exact) mass is 261 g/mol. The van der Waals surface area contributed by atoms with Crippen molar-refractivity contribution in [1.29, 1.82) is 0 Å². The maximum Gasteiger partial charge on any atom is 0.114 e. The summed E-state index contributed by atoms with van der Waals surface area (Å²) in [5.41, 5.74) is 8.51. The molecule has 1 unspecified atom stereocenters. The molecule has 0 radical (unpaired) electrons. The lowest BCUT2D eigenvalue weighted by atomic mass is 10.1. The van der Waals surface area contributed by atoms with Gasteiger partial charge in [-0.15, -0.1) is 0 Å². The summed E-state index contributed by atoms with van der Waals surface area (Å²) in [6.07, 6.45) is 2.64. The highest BCUT2D eigenvalue weighted by Gasteiger charge is 2.09. The number of rotatable bonds is 4. The Labute approximate surface area is 113 Å². The van der Waals surface area contributed by atoms with Gasteiger partial charge in [0, 0.05) is 10.9 Å². The molecular weight excluding hydrogens is 242 g/mol. The van der Waals surface area contributed by atoms with E-state index in [-0.39, 0.29) is 6.04 Å². The number of hydrogen-bond donors (Lipinski definition) is 1. The molecule has 3 heteroatoms. The average Bonchev–Trinajstić information content (AvgIpc) is 2.67. The summed E-state index contributed by atoms with van der Waals surface area (Å²) in [5, 5.41) is 0. The van der Waals surface area contributed by atoms with Gasteiger partial charge in [0.05, 0.1) is 11.2 Å². The van der Waals surface area contributed by atoms with Crippen molar-refractivity contribution >= 4 is 11.8 Å². The van der Waals surface area contributed by atoms with Crippen LogP contribution < -0.4 is 5.73 Å². The molecule has 0 aliphatic rings. The summed E-state index contributed by atoms with van der Waals surface area (Å²) in [4.78, 5) is 2.44. The van der Waals surface area contributed by atoms with Crippen LogP contribution in [-0.2, 0) is 6.42 Å². The molecule has 1 heterocycles. The van der Waals surface area contributed by atoms with Crippen LogP contribution in [0, 0.1) is 13.8 Å². The van der Waals surface area contributed by atoms with E-state index in [0.717, 1.165) is 12.2 Å². The topological polar surface area (TPSA) is 39.2 Å². The van der Waals surface area contributed by atoms with Crippen LogP contribution in [0.25, 0.3) is 0 Å². The van der Waals surface area contributed by atoms with Crippen LogP contribution in [0.3, 0.4) is 0 Å². The molecule has 0 bridgehead atoms. The number of furan rings is 1. The standard InChI is InChI=1S/C15H19NOS/c1-10-4-5-15(13(8-10)9-11(2)16)18-14-6-7-17-12(14)3/h4-8,11H,9,16H2,1-3H3. The molecule has 0 saturated heterocycles. The Kier molecular flexibility index (Phi) is 4.15. The predicted octanol–water partition coefficient (Wildman–Crippen LogP) is 3.94. The van der Waals surface area contributed by atoms with Crippen LogP contribution in [0.1, 0.15) is 23.8 Å². The van der Waals surface area contributed by atoms with E-state index in [1.54, 1.807) is 18.0 Å². The zero-order valence-corrected chi connectivity index (χ0v) is 11.9. The predicted molar refractivity (Wildman–Crippen MR) is 76.1 cm³/mol. The Bertz CT molecular complexity index is 531. The van der Waals surface area contributed by atoms with E-state index in [9.17, 15) is 0 Å². The second-order valence-corrected chi connectivity index (χ2v) is 5.82. The first-order chi connectivity index (χ1) is 8.56. The molecule has 96 valence electrons.